The van der Waals surface area contributed by atoms with Crippen molar-refractivity contribution in [2.45, 2.75) is 26.0 Å². The Balaban J connectivity index is 2.83. The van der Waals surface area contributed by atoms with Gasteiger partial charge >= 0.3 is 0 Å². The maximum atomic E-state index is 11.3. The van der Waals surface area contributed by atoms with Crippen molar-refractivity contribution >= 4 is 9.84 Å². The Morgan fingerprint density at radius 2 is 1.75 bits per heavy atom. The first-order valence-electron chi connectivity index (χ1n) is 6.83. The van der Waals surface area contributed by atoms with Crippen LogP contribution in [0.4, 0.5) is 0 Å². The number of aliphatic hydroxyl groups is 1. The molecule has 4 nitrogen and oxygen atoms in total. The average molecular weight is 299 g/mol. The standard InChI is InChI=1S/C15H25NO3S/c1-12(2)14(16(3)10-11-20(4,18)19)15(17)13-8-6-5-7-9-13/h5-9,12,14-15,17H,10-11H2,1-4H3. The van der Waals surface area contributed by atoms with Crippen molar-refractivity contribution in [3.63, 3.8) is 0 Å². The van der Waals surface area contributed by atoms with Crippen LogP contribution >= 0.6 is 0 Å². The van der Waals surface area contributed by atoms with E-state index in [2.05, 4.69) is 0 Å². The van der Waals surface area contributed by atoms with Crippen LogP contribution in [0.25, 0.3) is 0 Å². The Kier molecular flexibility index (Phi) is 6.17. The Hall–Kier alpha value is -0.910. The highest BCUT2D eigenvalue weighted by Gasteiger charge is 2.28. The Bertz CT molecular complexity index is 499. The van der Waals surface area contributed by atoms with Gasteiger partial charge in [-0.2, -0.15) is 0 Å². The van der Waals surface area contributed by atoms with Crippen LogP contribution in [0.3, 0.4) is 0 Å². The zero-order valence-electron chi connectivity index (χ0n) is 12.7. The minimum absolute atomic E-state index is 0.105. The van der Waals surface area contributed by atoms with Crippen molar-refractivity contribution in [3.8, 4) is 0 Å². The summed E-state index contributed by atoms with van der Waals surface area (Å²) in [6.45, 7) is 4.49. The maximum Gasteiger partial charge on any atom is 0.148 e. The van der Waals surface area contributed by atoms with Crippen LogP contribution in [0.15, 0.2) is 30.3 Å². The molecule has 2 atom stereocenters. The fraction of sp³-hybridized carbons (Fsp3) is 0.600. The summed E-state index contributed by atoms with van der Waals surface area (Å²) in [5, 5.41) is 10.6. The summed E-state index contributed by atoms with van der Waals surface area (Å²) in [4.78, 5) is 1.93. The van der Waals surface area contributed by atoms with Crippen molar-refractivity contribution in [3.05, 3.63) is 35.9 Å². The van der Waals surface area contributed by atoms with Crippen molar-refractivity contribution in [1.29, 1.82) is 0 Å². The molecule has 1 rings (SSSR count). The molecule has 1 aromatic rings. The zero-order chi connectivity index (χ0) is 15.3. The summed E-state index contributed by atoms with van der Waals surface area (Å²) >= 11 is 0. The van der Waals surface area contributed by atoms with Crippen molar-refractivity contribution < 1.29 is 13.5 Å². The number of likely N-dealkylation sites (N-methyl/N-ethyl adjacent to an activating group) is 1. The summed E-state index contributed by atoms with van der Waals surface area (Å²) in [5.74, 6) is 0.323. The molecule has 0 aromatic heterocycles. The number of rotatable bonds is 7. The van der Waals surface area contributed by atoms with E-state index in [1.807, 2.05) is 56.1 Å². The van der Waals surface area contributed by atoms with E-state index in [0.717, 1.165) is 5.56 Å². The molecule has 114 valence electrons. The second kappa shape index (κ2) is 7.20. The average Bonchev–Trinajstić information content (AvgIpc) is 2.36. The van der Waals surface area contributed by atoms with Gasteiger partial charge in [0.25, 0.3) is 0 Å². The molecular weight excluding hydrogens is 274 g/mol. The topological polar surface area (TPSA) is 57.6 Å². The molecule has 0 aliphatic heterocycles. The minimum atomic E-state index is -2.99. The number of sulfone groups is 1. The van der Waals surface area contributed by atoms with Crippen LogP contribution in [0.1, 0.15) is 25.5 Å². The summed E-state index contributed by atoms with van der Waals surface area (Å²) < 4.78 is 22.6. The van der Waals surface area contributed by atoms with Gasteiger partial charge in [0.1, 0.15) is 9.84 Å². The van der Waals surface area contributed by atoms with E-state index in [-0.39, 0.29) is 17.7 Å². The first-order chi connectivity index (χ1) is 9.22. The zero-order valence-corrected chi connectivity index (χ0v) is 13.5. The van der Waals surface area contributed by atoms with Gasteiger partial charge in [0.15, 0.2) is 0 Å². The third-order valence-corrected chi connectivity index (χ3v) is 4.40. The van der Waals surface area contributed by atoms with E-state index in [0.29, 0.717) is 6.54 Å². The molecule has 5 heteroatoms. The molecule has 0 fully saturated rings. The molecule has 20 heavy (non-hydrogen) atoms. The molecule has 1 N–H and O–H groups in total. The molecule has 0 radical (unpaired) electrons. The van der Waals surface area contributed by atoms with E-state index in [9.17, 15) is 13.5 Å². The van der Waals surface area contributed by atoms with Gasteiger partial charge in [-0.15, -0.1) is 0 Å². The van der Waals surface area contributed by atoms with Gasteiger partial charge in [0, 0.05) is 18.8 Å². The van der Waals surface area contributed by atoms with Gasteiger partial charge in [-0.25, -0.2) is 8.42 Å². The lowest BCUT2D eigenvalue weighted by Crippen LogP contribution is -2.42. The van der Waals surface area contributed by atoms with E-state index >= 15 is 0 Å². The lowest BCUT2D eigenvalue weighted by atomic mass is 9.92. The van der Waals surface area contributed by atoms with Crippen LogP contribution in [-0.2, 0) is 9.84 Å². The summed E-state index contributed by atoms with van der Waals surface area (Å²) in [6, 6.07) is 9.38. The molecule has 2 unspecified atom stereocenters. The molecular formula is C15H25NO3S. The SMILES string of the molecule is CC(C)C(C(O)c1ccccc1)N(C)CCS(C)(=O)=O. The van der Waals surface area contributed by atoms with Crippen LogP contribution < -0.4 is 0 Å². The van der Waals surface area contributed by atoms with Crippen LogP contribution in [0.5, 0.6) is 0 Å². The van der Waals surface area contributed by atoms with Crippen LogP contribution in [0, 0.1) is 5.92 Å². The normalized spacial score (nSPS) is 15.6. The molecule has 0 saturated heterocycles. The third kappa shape index (κ3) is 5.23. The molecule has 0 amide bonds. The fourth-order valence-electron chi connectivity index (χ4n) is 2.42. The van der Waals surface area contributed by atoms with Gasteiger partial charge < -0.3 is 5.11 Å². The van der Waals surface area contributed by atoms with Crippen molar-refractivity contribution in [1.82, 2.24) is 4.90 Å². The highest BCUT2D eigenvalue weighted by Crippen LogP contribution is 2.25. The summed E-state index contributed by atoms with van der Waals surface area (Å²) in [5.41, 5.74) is 0.859. The molecule has 0 bridgehead atoms. The largest absolute Gasteiger partial charge is 0.387 e. The predicted octanol–water partition coefficient (Wildman–Crippen LogP) is 1.72. The van der Waals surface area contributed by atoms with Crippen LogP contribution in [-0.4, -0.2) is 50.1 Å². The molecule has 0 saturated carbocycles. The molecule has 1 aromatic carbocycles. The number of benzene rings is 1. The summed E-state index contributed by atoms with van der Waals surface area (Å²) in [6.07, 6.45) is 0.611. The maximum absolute atomic E-state index is 11.3. The molecule has 0 aliphatic rings. The Labute approximate surface area is 122 Å². The number of hydrogen-bond donors (Lipinski definition) is 1. The predicted molar refractivity (Wildman–Crippen MR) is 82.4 cm³/mol. The Morgan fingerprint density at radius 1 is 1.20 bits per heavy atom. The second-order valence-electron chi connectivity index (χ2n) is 5.70. The van der Waals surface area contributed by atoms with Crippen molar-refractivity contribution in [2.24, 2.45) is 5.92 Å². The molecule has 0 aliphatic carbocycles. The molecule has 0 spiro atoms. The van der Waals surface area contributed by atoms with Gasteiger partial charge in [-0.3, -0.25) is 4.90 Å². The first kappa shape index (κ1) is 17.1. The molecule has 0 heterocycles. The highest BCUT2D eigenvalue weighted by molar-refractivity contribution is 7.90. The van der Waals surface area contributed by atoms with Gasteiger partial charge in [-0.1, -0.05) is 44.2 Å². The minimum Gasteiger partial charge on any atom is -0.387 e. The van der Waals surface area contributed by atoms with E-state index in [1.165, 1.54) is 6.26 Å². The monoisotopic (exact) mass is 299 g/mol. The quantitative estimate of drug-likeness (QED) is 0.833. The number of hydrogen-bond acceptors (Lipinski definition) is 4. The van der Waals surface area contributed by atoms with Crippen LogP contribution in [0.2, 0.25) is 0 Å². The lowest BCUT2D eigenvalue weighted by Gasteiger charge is -2.35. The van der Waals surface area contributed by atoms with Gasteiger partial charge in [0.2, 0.25) is 0 Å². The van der Waals surface area contributed by atoms with E-state index in [1.54, 1.807) is 0 Å². The number of nitrogens with zero attached hydrogens (tertiary/aromatic N) is 1. The fourth-order valence-corrected chi connectivity index (χ4v) is 3.04. The van der Waals surface area contributed by atoms with Gasteiger partial charge in [-0.05, 0) is 18.5 Å². The van der Waals surface area contributed by atoms with Crippen molar-refractivity contribution in [2.75, 3.05) is 25.6 Å². The summed E-state index contributed by atoms with van der Waals surface area (Å²) in [7, 11) is -1.13. The van der Waals surface area contributed by atoms with Gasteiger partial charge in [0.05, 0.1) is 11.9 Å². The number of aliphatic hydroxyl groups excluding tert-OH is 1. The highest BCUT2D eigenvalue weighted by atomic mass is 32.2. The first-order valence-corrected chi connectivity index (χ1v) is 8.89. The van der Waals surface area contributed by atoms with E-state index in [4.69, 9.17) is 0 Å². The smallest absolute Gasteiger partial charge is 0.148 e. The third-order valence-electron chi connectivity index (χ3n) is 3.47. The second-order valence-corrected chi connectivity index (χ2v) is 7.96. The lowest BCUT2D eigenvalue weighted by molar-refractivity contribution is 0.0394. The van der Waals surface area contributed by atoms with E-state index < -0.39 is 15.9 Å². The Morgan fingerprint density at radius 3 is 2.20 bits per heavy atom.